The molecule has 0 radical (unpaired) electrons. The summed E-state index contributed by atoms with van der Waals surface area (Å²) in [6.45, 7) is 6.50. The number of methoxy groups -OCH3 is 2. The summed E-state index contributed by atoms with van der Waals surface area (Å²) in [6, 6.07) is 13.2. The fourth-order valence-electron chi connectivity index (χ4n) is 3.54. The van der Waals surface area contributed by atoms with E-state index in [0.717, 1.165) is 11.5 Å². The monoisotopic (exact) mass is 340 g/mol. The van der Waals surface area contributed by atoms with Gasteiger partial charge >= 0.3 is 0 Å². The second-order valence-electron chi connectivity index (χ2n) is 6.86. The summed E-state index contributed by atoms with van der Waals surface area (Å²) in [5, 5.41) is 0. The Morgan fingerprint density at radius 3 is 1.68 bits per heavy atom. The van der Waals surface area contributed by atoms with Gasteiger partial charge in [-0.15, -0.1) is 0 Å². The van der Waals surface area contributed by atoms with Crippen molar-refractivity contribution < 1.29 is 9.47 Å². The topological polar surface area (TPSA) is 18.5 Å². The van der Waals surface area contributed by atoms with Crippen LogP contribution in [0.5, 0.6) is 11.5 Å². The minimum Gasteiger partial charge on any atom is -0.496 e. The van der Waals surface area contributed by atoms with Crippen molar-refractivity contribution in [3.63, 3.8) is 0 Å². The van der Waals surface area contributed by atoms with Crippen LogP contribution in [0.3, 0.4) is 0 Å². The van der Waals surface area contributed by atoms with Crippen molar-refractivity contribution in [2.24, 2.45) is 0 Å². The molecule has 2 nitrogen and oxygen atoms in total. The van der Waals surface area contributed by atoms with Crippen molar-refractivity contribution in [1.29, 1.82) is 0 Å². The summed E-state index contributed by atoms with van der Waals surface area (Å²) in [4.78, 5) is 0. The molecule has 136 valence electrons. The maximum atomic E-state index is 5.43. The first-order chi connectivity index (χ1) is 12.1. The molecule has 0 N–H and O–H groups in total. The highest BCUT2D eigenvalue weighted by atomic mass is 16.5. The predicted octanol–water partition coefficient (Wildman–Crippen LogP) is 6.42. The number of hydrogen-bond acceptors (Lipinski definition) is 2. The Bertz CT molecular complexity index is 622. The van der Waals surface area contributed by atoms with E-state index in [0.29, 0.717) is 5.92 Å². The highest BCUT2D eigenvalue weighted by Crippen LogP contribution is 2.34. The third-order valence-electron chi connectivity index (χ3n) is 4.99. The Morgan fingerprint density at radius 1 is 0.760 bits per heavy atom. The van der Waals surface area contributed by atoms with Gasteiger partial charge in [0, 0.05) is 5.92 Å². The molecule has 0 spiro atoms. The molecule has 0 aliphatic heterocycles. The Morgan fingerprint density at radius 2 is 1.28 bits per heavy atom. The summed E-state index contributed by atoms with van der Waals surface area (Å²) < 4.78 is 10.9. The van der Waals surface area contributed by atoms with Crippen molar-refractivity contribution in [2.75, 3.05) is 14.2 Å². The van der Waals surface area contributed by atoms with Gasteiger partial charge in [-0.3, -0.25) is 0 Å². The summed E-state index contributed by atoms with van der Waals surface area (Å²) >= 11 is 0. The van der Waals surface area contributed by atoms with Crippen LogP contribution in [0.4, 0.5) is 0 Å². The maximum Gasteiger partial charge on any atom is 0.121 e. The zero-order valence-electron chi connectivity index (χ0n) is 16.4. The van der Waals surface area contributed by atoms with Gasteiger partial charge in [0.05, 0.1) is 14.2 Å². The molecule has 0 amide bonds. The quantitative estimate of drug-likeness (QED) is 0.490. The van der Waals surface area contributed by atoms with Gasteiger partial charge in [-0.05, 0) is 54.7 Å². The number of rotatable bonds is 9. The van der Waals surface area contributed by atoms with Gasteiger partial charge in [0.25, 0.3) is 0 Å². The number of benzene rings is 2. The molecule has 2 aromatic rings. The molecule has 0 bridgehead atoms. The van der Waals surface area contributed by atoms with Crippen LogP contribution in [0.25, 0.3) is 0 Å². The summed E-state index contributed by atoms with van der Waals surface area (Å²) in [7, 11) is 3.47. The van der Waals surface area contributed by atoms with Crippen molar-refractivity contribution in [1.82, 2.24) is 0 Å². The van der Waals surface area contributed by atoms with E-state index >= 15 is 0 Å². The van der Waals surface area contributed by atoms with Gasteiger partial charge in [-0.25, -0.2) is 0 Å². The third kappa shape index (κ3) is 5.01. The molecule has 2 rings (SSSR count). The summed E-state index contributed by atoms with van der Waals surface area (Å²) in [6.07, 6.45) is 6.33. The molecule has 0 saturated heterocycles. The van der Waals surface area contributed by atoms with Crippen LogP contribution in [-0.4, -0.2) is 14.2 Å². The molecule has 0 fully saturated rings. The Labute approximate surface area is 153 Å². The number of unbranched alkanes of at least 4 members (excludes halogenated alkanes) is 3. The minimum absolute atomic E-state index is 0.422. The lowest BCUT2D eigenvalue weighted by Gasteiger charge is -2.20. The molecular weight excluding hydrogens is 308 g/mol. The fraction of sp³-hybridized carbons (Fsp3) is 0.478. The lowest BCUT2D eigenvalue weighted by molar-refractivity contribution is 0.411. The molecule has 0 unspecified atom stereocenters. The summed E-state index contributed by atoms with van der Waals surface area (Å²) in [5.41, 5.74) is 5.14. The van der Waals surface area contributed by atoms with Crippen LogP contribution in [-0.2, 0) is 0 Å². The Hall–Kier alpha value is -1.96. The highest BCUT2D eigenvalue weighted by Gasteiger charge is 2.16. The zero-order valence-corrected chi connectivity index (χ0v) is 16.4. The summed E-state index contributed by atoms with van der Waals surface area (Å²) in [5.74, 6) is 2.34. The standard InChI is InChI=1S/C23H32O2/c1-6-7-8-9-10-21(19-11-13-22(24-4)17(2)15-19)20-12-14-23(25-5)18(3)16-20/h11-16,21H,6-10H2,1-5H3. The first-order valence-corrected chi connectivity index (χ1v) is 9.39. The average Bonchev–Trinajstić information content (AvgIpc) is 2.61. The number of ether oxygens (including phenoxy) is 2. The third-order valence-corrected chi connectivity index (χ3v) is 4.99. The first kappa shape index (κ1) is 19.4. The molecule has 0 aromatic heterocycles. The second kappa shape index (κ2) is 9.50. The lowest BCUT2D eigenvalue weighted by atomic mass is 9.85. The van der Waals surface area contributed by atoms with Crippen LogP contribution in [0.1, 0.15) is 67.2 Å². The van der Waals surface area contributed by atoms with Crippen molar-refractivity contribution >= 4 is 0 Å². The fourth-order valence-corrected chi connectivity index (χ4v) is 3.54. The van der Waals surface area contributed by atoms with E-state index < -0.39 is 0 Å². The van der Waals surface area contributed by atoms with Gasteiger partial charge in [-0.1, -0.05) is 56.9 Å². The largest absolute Gasteiger partial charge is 0.496 e. The molecular formula is C23H32O2. The van der Waals surface area contributed by atoms with Crippen LogP contribution in [0.2, 0.25) is 0 Å². The van der Waals surface area contributed by atoms with E-state index in [1.807, 2.05) is 0 Å². The Balaban J connectivity index is 2.32. The van der Waals surface area contributed by atoms with Crippen LogP contribution >= 0.6 is 0 Å². The van der Waals surface area contributed by atoms with Gasteiger partial charge in [0.1, 0.15) is 11.5 Å². The van der Waals surface area contributed by atoms with Gasteiger partial charge < -0.3 is 9.47 Å². The molecule has 2 heteroatoms. The molecule has 0 aliphatic rings. The van der Waals surface area contributed by atoms with E-state index in [1.54, 1.807) is 14.2 Å². The SMILES string of the molecule is CCCCCCC(c1ccc(OC)c(C)c1)c1ccc(OC)c(C)c1. The highest BCUT2D eigenvalue weighted by molar-refractivity contribution is 5.44. The van der Waals surface area contributed by atoms with Crippen LogP contribution < -0.4 is 9.47 Å². The van der Waals surface area contributed by atoms with E-state index in [1.165, 1.54) is 54.4 Å². The van der Waals surface area contributed by atoms with Crippen molar-refractivity contribution in [3.8, 4) is 11.5 Å². The Kier molecular flexibility index (Phi) is 7.36. The van der Waals surface area contributed by atoms with Gasteiger partial charge in [0.2, 0.25) is 0 Å². The van der Waals surface area contributed by atoms with E-state index in [2.05, 4.69) is 57.2 Å². The number of aryl methyl sites for hydroxylation is 2. The molecule has 0 saturated carbocycles. The van der Waals surface area contributed by atoms with E-state index in [-0.39, 0.29) is 0 Å². The van der Waals surface area contributed by atoms with Crippen molar-refractivity contribution in [2.45, 2.75) is 58.8 Å². The van der Waals surface area contributed by atoms with E-state index in [4.69, 9.17) is 9.47 Å². The van der Waals surface area contributed by atoms with Crippen LogP contribution in [0.15, 0.2) is 36.4 Å². The maximum absolute atomic E-state index is 5.43. The molecule has 0 aliphatic carbocycles. The van der Waals surface area contributed by atoms with Crippen LogP contribution in [0, 0.1) is 13.8 Å². The predicted molar refractivity (Wildman–Crippen MR) is 106 cm³/mol. The molecule has 0 heterocycles. The smallest absolute Gasteiger partial charge is 0.121 e. The normalized spacial score (nSPS) is 11.0. The lowest BCUT2D eigenvalue weighted by Crippen LogP contribution is -2.03. The minimum atomic E-state index is 0.422. The van der Waals surface area contributed by atoms with Gasteiger partial charge in [-0.2, -0.15) is 0 Å². The zero-order chi connectivity index (χ0) is 18.2. The number of hydrogen-bond donors (Lipinski definition) is 0. The molecule has 0 atom stereocenters. The second-order valence-corrected chi connectivity index (χ2v) is 6.86. The van der Waals surface area contributed by atoms with Gasteiger partial charge in [0.15, 0.2) is 0 Å². The first-order valence-electron chi connectivity index (χ1n) is 9.39. The average molecular weight is 341 g/mol. The molecule has 25 heavy (non-hydrogen) atoms. The van der Waals surface area contributed by atoms with Crippen molar-refractivity contribution in [3.05, 3.63) is 58.7 Å². The van der Waals surface area contributed by atoms with E-state index in [9.17, 15) is 0 Å². The molecule has 2 aromatic carbocycles.